The van der Waals surface area contributed by atoms with Crippen LogP contribution in [0.4, 0.5) is 0 Å². The standard InChI is InChI=1S/C44H30O/c1-2-10-29(11-3-1)25-41-35-12-4-6-14-37(35)42(38-15-7-5-13-36(38)41)26-30-18-19-32-27-33(21-20-31(32)24-30)34-22-23-40-39-16-8-9-17-43(39)45-44(40)28-34/h1-24,27-28H,25-26H2/i1D,2D,3D,4D,5D,6D,7D,10D,11D,12D,13D,14D,15D,18D,19D,20D,21D,24D,27D. The molecular formula is C44H30O. The fraction of sp³-hybridized carbons (Fsp3) is 0.0455. The Balaban J connectivity index is 1.35. The third kappa shape index (κ3) is 4.48. The van der Waals surface area contributed by atoms with Crippen LogP contribution >= 0.6 is 0 Å². The molecule has 0 saturated heterocycles. The molecule has 0 atom stereocenters. The van der Waals surface area contributed by atoms with Crippen LogP contribution in [0.5, 0.6) is 0 Å². The number of rotatable bonds is 5. The highest BCUT2D eigenvalue weighted by Gasteiger charge is 2.15. The van der Waals surface area contributed by atoms with E-state index in [-0.39, 0.29) is 60.1 Å². The van der Waals surface area contributed by atoms with E-state index in [0.29, 0.717) is 16.7 Å². The predicted octanol–water partition coefficient (Wildman–Crippen LogP) is 11.9. The van der Waals surface area contributed by atoms with Gasteiger partial charge in [0.15, 0.2) is 0 Å². The monoisotopic (exact) mass is 593 g/mol. The van der Waals surface area contributed by atoms with Crippen molar-refractivity contribution in [2.45, 2.75) is 12.8 Å². The van der Waals surface area contributed by atoms with Crippen LogP contribution in [0.15, 0.2) is 162 Å². The van der Waals surface area contributed by atoms with Crippen LogP contribution < -0.4 is 0 Å². The molecule has 1 heteroatoms. The molecule has 9 rings (SSSR count). The summed E-state index contributed by atoms with van der Waals surface area (Å²) in [6, 6.07) is 0.161. The number of fused-ring (bicyclic) bond motifs is 6. The van der Waals surface area contributed by atoms with Crippen molar-refractivity contribution in [3.63, 3.8) is 0 Å². The van der Waals surface area contributed by atoms with Gasteiger partial charge in [-0.3, -0.25) is 0 Å². The summed E-state index contributed by atoms with van der Waals surface area (Å²) < 4.78 is 175. The summed E-state index contributed by atoms with van der Waals surface area (Å²) in [6.45, 7) is 0. The lowest BCUT2D eigenvalue weighted by Gasteiger charge is -2.17. The molecule has 0 aliphatic rings. The van der Waals surface area contributed by atoms with E-state index in [9.17, 15) is 9.60 Å². The first kappa shape index (κ1) is 13.1. The molecule has 1 heterocycles. The molecule has 0 aliphatic carbocycles. The lowest BCUT2D eigenvalue weighted by molar-refractivity contribution is 0.669. The zero-order valence-corrected chi connectivity index (χ0v) is 23.4. The van der Waals surface area contributed by atoms with E-state index in [2.05, 4.69) is 0 Å². The third-order valence-corrected chi connectivity index (χ3v) is 7.94. The van der Waals surface area contributed by atoms with Crippen molar-refractivity contribution in [3.05, 3.63) is 180 Å². The number of benzene rings is 8. The number of hydrogen-bond acceptors (Lipinski definition) is 1. The van der Waals surface area contributed by atoms with Gasteiger partial charge in [0.2, 0.25) is 0 Å². The smallest absolute Gasteiger partial charge is 0.136 e. The lowest BCUT2D eigenvalue weighted by atomic mass is 9.86. The summed E-state index contributed by atoms with van der Waals surface area (Å²) in [4.78, 5) is 0. The summed E-state index contributed by atoms with van der Waals surface area (Å²) in [6.07, 6.45) is -1.31. The molecule has 1 aromatic heterocycles. The number of hydrogen-bond donors (Lipinski definition) is 0. The molecule has 8 aromatic carbocycles. The van der Waals surface area contributed by atoms with Crippen molar-refractivity contribution in [2.75, 3.05) is 0 Å². The molecule has 45 heavy (non-hydrogen) atoms. The van der Waals surface area contributed by atoms with Gasteiger partial charge < -0.3 is 4.42 Å². The first-order valence-electron chi connectivity index (χ1n) is 23.6. The van der Waals surface area contributed by atoms with E-state index in [1.807, 2.05) is 18.2 Å². The van der Waals surface area contributed by atoms with Gasteiger partial charge in [0, 0.05) is 10.8 Å². The Hall–Kier alpha value is -5.66. The van der Waals surface area contributed by atoms with E-state index in [1.54, 1.807) is 24.3 Å². The predicted molar refractivity (Wildman–Crippen MR) is 190 cm³/mol. The molecule has 0 spiro atoms. The van der Waals surface area contributed by atoms with Gasteiger partial charge in [-0.25, -0.2) is 0 Å². The van der Waals surface area contributed by atoms with Crippen LogP contribution in [0, 0.1) is 0 Å². The summed E-state index contributed by atoms with van der Waals surface area (Å²) >= 11 is 0. The van der Waals surface area contributed by atoms with Gasteiger partial charge in [-0.1, -0.05) is 133 Å². The second-order valence-electron chi connectivity index (χ2n) is 10.6. The molecule has 0 radical (unpaired) electrons. The maximum absolute atomic E-state index is 9.46. The Kier molecular flexibility index (Phi) is 3.07. The Labute approximate surface area is 288 Å². The lowest BCUT2D eigenvalue weighted by Crippen LogP contribution is -1.98. The average Bonchev–Trinajstić information content (AvgIpc) is 3.65. The van der Waals surface area contributed by atoms with E-state index in [4.69, 9.17) is 20.9 Å². The molecule has 1 nitrogen and oxygen atoms in total. The molecular weight excluding hydrogens is 544 g/mol. The largest absolute Gasteiger partial charge is 0.456 e. The zero-order chi connectivity index (χ0) is 46.3. The summed E-state index contributed by atoms with van der Waals surface area (Å²) in [5.74, 6) is 0. The maximum atomic E-state index is 9.46. The first-order chi connectivity index (χ1) is 30.2. The summed E-state index contributed by atoms with van der Waals surface area (Å²) in [5.41, 5.74) is 0.331. The quantitative estimate of drug-likeness (QED) is 0.181. The highest BCUT2D eigenvalue weighted by atomic mass is 16.3. The summed E-state index contributed by atoms with van der Waals surface area (Å²) in [5, 5.41) is -0.193. The fourth-order valence-electron chi connectivity index (χ4n) is 5.88. The highest BCUT2D eigenvalue weighted by molar-refractivity contribution is 6.07. The van der Waals surface area contributed by atoms with Crippen LogP contribution in [0.2, 0.25) is 0 Å². The van der Waals surface area contributed by atoms with Crippen molar-refractivity contribution >= 4 is 54.3 Å². The Morgan fingerprint density at radius 1 is 0.444 bits per heavy atom. The maximum Gasteiger partial charge on any atom is 0.136 e. The van der Waals surface area contributed by atoms with E-state index >= 15 is 0 Å². The van der Waals surface area contributed by atoms with Gasteiger partial charge in [0.1, 0.15) is 11.2 Å². The molecule has 0 fully saturated rings. The average molecular weight is 594 g/mol. The Morgan fingerprint density at radius 3 is 1.78 bits per heavy atom. The van der Waals surface area contributed by atoms with Crippen LogP contribution in [-0.4, -0.2) is 0 Å². The van der Waals surface area contributed by atoms with Crippen molar-refractivity contribution < 1.29 is 30.5 Å². The van der Waals surface area contributed by atoms with Crippen molar-refractivity contribution in [1.29, 1.82) is 0 Å². The molecule has 9 aromatic rings. The SMILES string of the molecule is [2H]c1c([2H])c([2H])c(Cc2c3c([2H])c([2H])c([2H])c([2H])c3c(Cc3c([2H])c([2H])c4c([2H])c(-c5ccc6c(c5)oc5ccccc56)c([2H])c([2H])c4c3[2H])c3c([2H])c([2H])c([2H])c([2H])c23)c([2H])c1[2H]. The third-order valence-electron chi connectivity index (χ3n) is 7.94. The van der Waals surface area contributed by atoms with Crippen molar-refractivity contribution in [3.8, 4) is 11.1 Å². The Morgan fingerprint density at radius 2 is 1.04 bits per heavy atom. The van der Waals surface area contributed by atoms with Gasteiger partial charge >= 0.3 is 0 Å². The van der Waals surface area contributed by atoms with Gasteiger partial charge in [0.05, 0.1) is 26.0 Å². The molecule has 0 amide bonds. The molecule has 212 valence electrons. The highest BCUT2D eigenvalue weighted by Crippen LogP contribution is 2.37. The van der Waals surface area contributed by atoms with E-state index < -0.39 is 128 Å². The normalized spacial score (nSPS) is 17.6. The molecule has 0 bridgehead atoms. The molecule has 0 saturated carbocycles. The minimum Gasteiger partial charge on any atom is -0.456 e. The second kappa shape index (κ2) is 10.5. The summed E-state index contributed by atoms with van der Waals surface area (Å²) in [7, 11) is 0. The topological polar surface area (TPSA) is 13.1 Å². The van der Waals surface area contributed by atoms with Crippen molar-refractivity contribution in [1.82, 2.24) is 0 Å². The van der Waals surface area contributed by atoms with Crippen LogP contribution in [0.25, 0.3) is 65.4 Å². The molecule has 0 aliphatic heterocycles. The van der Waals surface area contributed by atoms with Gasteiger partial charge in [0.25, 0.3) is 0 Å². The van der Waals surface area contributed by atoms with Crippen LogP contribution in [0.1, 0.15) is 48.3 Å². The minimum atomic E-state index is -0.746. The van der Waals surface area contributed by atoms with Gasteiger partial charge in [-0.2, -0.15) is 0 Å². The van der Waals surface area contributed by atoms with E-state index in [1.165, 1.54) is 0 Å². The van der Waals surface area contributed by atoms with Crippen molar-refractivity contribution in [2.24, 2.45) is 0 Å². The number of para-hydroxylation sites is 1. The molecule has 0 unspecified atom stereocenters. The first-order valence-corrected chi connectivity index (χ1v) is 14.1. The van der Waals surface area contributed by atoms with E-state index in [0.717, 1.165) is 10.8 Å². The van der Waals surface area contributed by atoms with Crippen LogP contribution in [0.3, 0.4) is 0 Å². The van der Waals surface area contributed by atoms with Crippen LogP contribution in [-0.2, 0) is 12.8 Å². The molecule has 0 N–H and O–H groups in total. The number of furan rings is 1. The zero-order valence-electron chi connectivity index (χ0n) is 42.4. The fourth-order valence-corrected chi connectivity index (χ4v) is 5.88. The van der Waals surface area contributed by atoms with Gasteiger partial charge in [-0.15, -0.1) is 0 Å². The minimum absolute atomic E-state index is 0.0430. The van der Waals surface area contributed by atoms with Gasteiger partial charge in [-0.05, 0) is 103 Å². The second-order valence-corrected chi connectivity index (χ2v) is 10.6. The Bertz CT molecular complexity index is 3500.